The summed E-state index contributed by atoms with van der Waals surface area (Å²) in [6.07, 6.45) is 1.44. The Kier molecular flexibility index (Phi) is 2.55. The Morgan fingerprint density at radius 1 is 1.20 bits per heavy atom. The van der Waals surface area contributed by atoms with Crippen molar-refractivity contribution in [3.63, 3.8) is 0 Å². The summed E-state index contributed by atoms with van der Waals surface area (Å²) in [5.74, 6) is -1.00. The number of hydrogen-bond donors (Lipinski definition) is 1. The zero-order valence-corrected chi connectivity index (χ0v) is 8.31. The smallest absolute Gasteiger partial charge is 0.197 e. The van der Waals surface area contributed by atoms with Gasteiger partial charge in [0.15, 0.2) is 4.77 Å². The second-order valence-electron chi connectivity index (χ2n) is 2.91. The van der Waals surface area contributed by atoms with Crippen LogP contribution in [0.5, 0.6) is 0 Å². The van der Waals surface area contributed by atoms with E-state index >= 15 is 0 Å². The molecule has 0 spiro atoms. The lowest BCUT2D eigenvalue weighted by Gasteiger charge is -2.02. The highest BCUT2D eigenvalue weighted by atomic mass is 32.1. The van der Waals surface area contributed by atoms with Gasteiger partial charge in [-0.1, -0.05) is 0 Å². The molecule has 0 amide bonds. The first kappa shape index (κ1) is 9.92. The van der Waals surface area contributed by atoms with Crippen molar-refractivity contribution in [1.29, 1.82) is 0 Å². The SMILES string of the molecule is Fc1ccc(F)c(-c2ccnc(=S)[nH]2)c1. The maximum absolute atomic E-state index is 13.3. The first-order valence-corrected chi connectivity index (χ1v) is 4.58. The molecule has 76 valence electrons. The van der Waals surface area contributed by atoms with Crippen molar-refractivity contribution in [2.24, 2.45) is 0 Å². The Balaban J connectivity index is 2.63. The van der Waals surface area contributed by atoms with Crippen LogP contribution in [0.2, 0.25) is 0 Å². The Bertz CT molecular complexity index is 551. The average Bonchev–Trinajstić information content (AvgIpc) is 2.22. The molecule has 0 aliphatic rings. The molecule has 0 saturated carbocycles. The summed E-state index contributed by atoms with van der Waals surface area (Å²) in [4.78, 5) is 6.45. The van der Waals surface area contributed by atoms with Gasteiger partial charge in [-0.15, -0.1) is 0 Å². The molecule has 1 N–H and O–H groups in total. The molecule has 2 aromatic rings. The summed E-state index contributed by atoms with van der Waals surface area (Å²) in [5, 5.41) is 0. The van der Waals surface area contributed by atoms with Crippen LogP contribution in [0.4, 0.5) is 8.78 Å². The van der Waals surface area contributed by atoms with Gasteiger partial charge < -0.3 is 4.98 Å². The maximum Gasteiger partial charge on any atom is 0.197 e. The Morgan fingerprint density at radius 2 is 2.00 bits per heavy atom. The van der Waals surface area contributed by atoms with Crippen LogP contribution >= 0.6 is 12.2 Å². The second kappa shape index (κ2) is 3.86. The summed E-state index contributed by atoms with van der Waals surface area (Å²) in [5.41, 5.74) is 0.551. The molecule has 0 radical (unpaired) electrons. The molecule has 0 unspecified atom stereocenters. The molecule has 1 heterocycles. The van der Waals surface area contributed by atoms with Crippen molar-refractivity contribution in [1.82, 2.24) is 9.97 Å². The van der Waals surface area contributed by atoms with E-state index in [1.165, 1.54) is 12.3 Å². The van der Waals surface area contributed by atoms with E-state index in [0.717, 1.165) is 18.2 Å². The molecular weight excluding hydrogens is 218 g/mol. The Morgan fingerprint density at radius 3 is 2.73 bits per heavy atom. The van der Waals surface area contributed by atoms with Crippen LogP contribution in [0.25, 0.3) is 11.3 Å². The number of nitrogens with zero attached hydrogens (tertiary/aromatic N) is 1. The predicted octanol–water partition coefficient (Wildman–Crippen LogP) is 3.08. The molecule has 15 heavy (non-hydrogen) atoms. The lowest BCUT2D eigenvalue weighted by Crippen LogP contribution is -1.90. The van der Waals surface area contributed by atoms with Crippen molar-refractivity contribution >= 4 is 12.2 Å². The van der Waals surface area contributed by atoms with E-state index in [1.54, 1.807) is 0 Å². The fourth-order valence-corrected chi connectivity index (χ4v) is 1.40. The van der Waals surface area contributed by atoms with Crippen molar-refractivity contribution in [3.8, 4) is 11.3 Å². The third-order valence-electron chi connectivity index (χ3n) is 1.89. The highest BCUT2D eigenvalue weighted by Gasteiger charge is 2.06. The highest BCUT2D eigenvalue weighted by Crippen LogP contribution is 2.20. The van der Waals surface area contributed by atoms with Gasteiger partial charge in [0.1, 0.15) is 11.6 Å². The first-order chi connectivity index (χ1) is 7.16. The Hall–Kier alpha value is -1.62. The fourth-order valence-electron chi connectivity index (χ4n) is 1.23. The van der Waals surface area contributed by atoms with Gasteiger partial charge in [0.25, 0.3) is 0 Å². The first-order valence-electron chi connectivity index (χ1n) is 4.17. The van der Waals surface area contributed by atoms with E-state index in [2.05, 4.69) is 9.97 Å². The molecule has 0 fully saturated rings. The van der Waals surface area contributed by atoms with Gasteiger partial charge >= 0.3 is 0 Å². The number of rotatable bonds is 1. The molecule has 0 atom stereocenters. The minimum atomic E-state index is -0.506. The van der Waals surface area contributed by atoms with Crippen molar-refractivity contribution in [2.45, 2.75) is 0 Å². The highest BCUT2D eigenvalue weighted by molar-refractivity contribution is 7.71. The van der Waals surface area contributed by atoms with E-state index in [0.29, 0.717) is 5.69 Å². The van der Waals surface area contributed by atoms with Gasteiger partial charge in [-0.05, 0) is 36.5 Å². The lowest BCUT2D eigenvalue weighted by atomic mass is 10.1. The molecule has 5 heteroatoms. The molecule has 0 aliphatic heterocycles. The van der Waals surface area contributed by atoms with Gasteiger partial charge in [0, 0.05) is 11.8 Å². The van der Waals surface area contributed by atoms with E-state index in [-0.39, 0.29) is 10.3 Å². The number of aromatic amines is 1. The molecule has 2 rings (SSSR count). The van der Waals surface area contributed by atoms with Gasteiger partial charge in [-0.3, -0.25) is 0 Å². The van der Waals surface area contributed by atoms with Crippen molar-refractivity contribution in [3.05, 3.63) is 46.9 Å². The summed E-state index contributed by atoms with van der Waals surface area (Å²) >= 11 is 4.79. The molecule has 1 aromatic carbocycles. The number of nitrogens with one attached hydrogen (secondary N) is 1. The number of benzene rings is 1. The summed E-state index contributed by atoms with van der Waals surface area (Å²) in [6.45, 7) is 0. The van der Waals surface area contributed by atoms with E-state index in [4.69, 9.17) is 12.2 Å². The van der Waals surface area contributed by atoms with E-state index < -0.39 is 11.6 Å². The van der Waals surface area contributed by atoms with E-state index in [1.807, 2.05) is 0 Å². The number of halogens is 2. The van der Waals surface area contributed by atoms with Crippen LogP contribution in [0.3, 0.4) is 0 Å². The quantitative estimate of drug-likeness (QED) is 0.754. The number of aromatic nitrogens is 2. The van der Waals surface area contributed by atoms with Crippen LogP contribution in [0.15, 0.2) is 30.5 Å². The van der Waals surface area contributed by atoms with Gasteiger partial charge in [-0.2, -0.15) is 0 Å². The largest absolute Gasteiger partial charge is 0.330 e. The fraction of sp³-hybridized carbons (Fsp3) is 0. The Labute approximate surface area is 89.6 Å². The summed E-state index contributed by atoms with van der Waals surface area (Å²) < 4.78 is 26.5. The molecular formula is C10H6F2N2S. The second-order valence-corrected chi connectivity index (χ2v) is 3.30. The summed E-state index contributed by atoms with van der Waals surface area (Å²) in [7, 11) is 0. The van der Waals surface area contributed by atoms with Crippen LogP contribution in [-0.2, 0) is 0 Å². The zero-order chi connectivity index (χ0) is 10.8. The third-order valence-corrected chi connectivity index (χ3v) is 2.10. The molecule has 0 bridgehead atoms. The standard InChI is InChI=1S/C10H6F2N2S/c11-6-1-2-8(12)7(5-6)9-3-4-13-10(15)14-9/h1-5H,(H,13,14,15). The monoisotopic (exact) mass is 224 g/mol. The number of H-pyrrole nitrogens is 1. The van der Waals surface area contributed by atoms with Gasteiger partial charge in [-0.25, -0.2) is 13.8 Å². The molecule has 0 saturated heterocycles. The van der Waals surface area contributed by atoms with Gasteiger partial charge in [0.2, 0.25) is 0 Å². The molecule has 1 aromatic heterocycles. The average molecular weight is 224 g/mol. The van der Waals surface area contributed by atoms with E-state index in [9.17, 15) is 8.78 Å². The zero-order valence-electron chi connectivity index (χ0n) is 7.50. The third kappa shape index (κ3) is 2.07. The lowest BCUT2D eigenvalue weighted by molar-refractivity contribution is 0.602. The molecule has 0 aliphatic carbocycles. The van der Waals surface area contributed by atoms with Crippen molar-refractivity contribution in [2.75, 3.05) is 0 Å². The minimum absolute atomic E-state index is 0.142. The van der Waals surface area contributed by atoms with Crippen LogP contribution < -0.4 is 0 Å². The van der Waals surface area contributed by atoms with Crippen LogP contribution in [-0.4, -0.2) is 9.97 Å². The van der Waals surface area contributed by atoms with Gasteiger partial charge in [0.05, 0.1) is 5.69 Å². The number of hydrogen-bond acceptors (Lipinski definition) is 2. The normalized spacial score (nSPS) is 10.3. The minimum Gasteiger partial charge on any atom is -0.330 e. The van der Waals surface area contributed by atoms with Crippen LogP contribution in [0.1, 0.15) is 0 Å². The van der Waals surface area contributed by atoms with Crippen LogP contribution in [0, 0.1) is 16.4 Å². The summed E-state index contributed by atoms with van der Waals surface area (Å²) in [6, 6.07) is 4.78. The molecule has 2 nitrogen and oxygen atoms in total. The maximum atomic E-state index is 13.3. The predicted molar refractivity (Wildman–Crippen MR) is 54.8 cm³/mol. The topological polar surface area (TPSA) is 28.7 Å². The van der Waals surface area contributed by atoms with Crippen molar-refractivity contribution < 1.29 is 8.78 Å².